The van der Waals surface area contributed by atoms with Gasteiger partial charge in [-0.3, -0.25) is 0 Å². The topological polar surface area (TPSA) is 58.9 Å². The summed E-state index contributed by atoms with van der Waals surface area (Å²) in [4.78, 5) is 0. The fraction of sp³-hybridized carbons (Fsp3) is 0.500. The Kier molecular flexibility index (Phi) is 5.90. The number of rotatable bonds is 7. The number of halogens is 1. The standard InChI is InChI=1S/C12H17FO4/c1-9(15)11-3-2-10(8-12(11)13)17-7-6-16-5-4-14/h2-3,8-9,14-15H,4-7H2,1H3. The molecule has 1 atom stereocenters. The summed E-state index contributed by atoms with van der Waals surface area (Å²) in [6.45, 7) is 2.35. The maximum Gasteiger partial charge on any atom is 0.132 e. The minimum atomic E-state index is -0.836. The van der Waals surface area contributed by atoms with Crippen molar-refractivity contribution in [1.29, 1.82) is 0 Å². The Morgan fingerprint density at radius 1 is 1.29 bits per heavy atom. The Morgan fingerprint density at radius 2 is 2.06 bits per heavy atom. The molecule has 96 valence electrons. The number of aliphatic hydroxyl groups is 2. The SMILES string of the molecule is CC(O)c1ccc(OCCOCCO)cc1F. The summed E-state index contributed by atoms with van der Waals surface area (Å²) in [6, 6.07) is 4.31. The van der Waals surface area contributed by atoms with Crippen molar-refractivity contribution >= 4 is 0 Å². The lowest BCUT2D eigenvalue weighted by Crippen LogP contribution is -2.09. The molecule has 0 bridgehead atoms. The maximum atomic E-state index is 13.4. The maximum absolute atomic E-state index is 13.4. The van der Waals surface area contributed by atoms with E-state index in [0.29, 0.717) is 12.4 Å². The van der Waals surface area contributed by atoms with Gasteiger partial charge in [0.25, 0.3) is 0 Å². The van der Waals surface area contributed by atoms with E-state index in [0.717, 1.165) is 0 Å². The van der Waals surface area contributed by atoms with Gasteiger partial charge in [-0.25, -0.2) is 4.39 Å². The molecule has 0 spiro atoms. The largest absolute Gasteiger partial charge is 0.491 e. The van der Waals surface area contributed by atoms with E-state index in [4.69, 9.17) is 14.6 Å². The summed E-state index contributed by atoms with van der Waals surface area (Å²) < 4.78 is 23.7. The van der Waals surface area contributed by atoms with Gasteiger partial charge in [0, 0.05) is 11.6 Å². The summed E-state index contributed by atoms with van der Waals surface area (Å²) in [6.07, 6.45) is -0.836. The van der Waals surface area contributed by atoms with Crippen LogP contribution < -0.4 is 4.74 Å². The van der Waals surface area contributed by atoms with Crippen LogP contribution in [-0.2, 0) is 4.74 Å². The lowest BCUT2D eigenvalue weighted by Gasteiger charge is -2.10. The van der Waals surface area contributed by atoms with Crippen molar-refractivity contribution < 1.29 is 24.1 Å². The van der Waals surface area contributed by atoms with Crippen molar-refractivity contribution in [3.63, 3.8) is 0 Å². The molecule has 0 aromatic heterocycles. The molecule has 1 unspecified atom stereocenters. The Hall–Kier alpha value is -1.17. The van der Waals surface area contributed by atoms with Crippen molar-refractivity contribution in [2.24, 2.45) is 0 Å². The summed E-state index contributed by atoms with van der Waals surface area (Å²) >= 11 is 0. The van der Waals surface area contributed by atoms with Crippen LogP contribution in [0.4, 0.5) is 4.39 Å². The van der Waals surface area contributed by atoms with Crippen LogP contribution in [0.25, 0.3) is 0 Å². The molecule has 0 aliphatic heterocycles. The van der Waals surface area contributed by atoms with Gasteiger partial charge < -0.3 is 19.7 Å². The van der Waals surface area contributed by atoms with E-state index < -0.39 is 11.9 Å². The van der Waals surface area contributed by atoms with Gasteiger partial charge in [-0.1, -0.05) is 0 Å². The molecule has 5 heteroatoms. The monoisotopic (exact) mass is 244 g/mol. The van der Waals surface area contributed by atoms with Crippen molar-refractivity contribution in [2.75, 3.05) is 26.4 Å². The third-order valence-electron chi connectivity index (χ3n) is 2.15. The molecule has 0 aliphatic rings. The molecule has 0 aliphatic carbocycles. The molecule has 4 nitrogen and oxygen atoms in total. The van der Waals surface area contributed by atoms with Gasteiger partial charge in [0.1, 0.15) is 18.2 Å². The predicted molar refractivity (Wildman–Crippen MR) is 60.4 cm³/mol. The second kappa shape index (κ2) is 7.21. The van der Waals surface area contributed by atoms with Crippen LogP contribution in [0.5, 0.6) is 5.75 Å². The van der Waals surface area contributed by atoms with Gasteiger partial charge in [0.05, 0.1) is 25.9 Å². The minimum absolute atomic E-state index is 0.0300. The number of ether oxygens (including phenoxy) is 2. The highest BCUT2D eigenvalue weighted by Crippen LogP contribution is 2.21. The first-order chi connectivity index (χ1) is 8.15. The van der Waals surface area contributed by atoms with Gasteiger partial charge in [0.2, 0.25) is 0 Å². The summed E-state index contributed by atoms with van der Waals surface area (Å²) in [7, 11) is 0. The van der Waals surface area contributed by atoms with E-state index >= 15 is 0 Å². The first kappa shape index (κ1) is 13.9. The fourth-order valence-electron chi connectivity index (χ4n) is 1.32. The second-order valence-electron chi connectivity index (χ2n) is 3.54. The molecule has 2 N–H and O–H groups in total. The average molecular weight is 244 g/mol. The predicted octanol–water partition coefficient (Wildman–Crippen LogP) is 1.27. The number of benzene rings is 1. The fourth-order valence-corrected chi connectivity index (χ4v) is 1.32. The van der Waals surface area contributed by atoms with E-state index in [9.17, 15) is 9.50 Å². The van der Waals surface area contributed by atoms with Crippen LogP contribution >= 0.6 is 0 Å². The second-order valence-corrected chi connectivity index (χ2v) is 3.54. The van der Waals surface area contributed by atoms with Crippen molar-refractivity contribution in [1.82, 2.24) is 0 Å². The molecular formula is C12H17FO4. The molecule has 0 fully saturated rings. The average Bonchev–Trinajstić information content (AvgIpc) is 2.28. The Labute approximate surface area is 99.6 Å². The highest BCUT2D eigenvalue weighted by atomic mass is 19.1. The molecule has 0 amide bonds. The smallest absolute Gasteiger partial charge is 0.132 e. The summed E-state index contributed by atoms with van der Waals surface area (Å²) in [5.41, 5.74) is 0.244. The van der Waals surface area contributed by atoms with Crippen molar-refractivity contribution in [2.45, 2.75) is 13.0 Å². The molecule has 17 heavy (non-hydrogen) atoms. The zero-order chi connectivity index (χ0) is 12.7. The number of hydrogen-bond donors (Lipinski definition) is 2. The van der Waals surface area contributed by atoms with Crippen LogP contribution in [0.2, 0.25) is 0 Å². The molecule has 0 saturated heterocycles. The normalized spacial score (nSPS) is 12.5. The molecule has 1 rings (SSSR count). The minimum Gasteiger partial charge on any atom is -0.491 e. The van der Waals surface area contributed by atoms with Crippen LogP contribution in [0, 0.1) is 5.82 Å². The highest BCUT2D eigenvalue weighted by molar-refractivity contribution is 5.29. The molecule has 0 radical (unpaired) electrons. The van der Waals surface area contributed by atoms with Crippen LogP contribution in [-0.4, -0.2) is 36.6 Å². The quantitative estimate of drug-likeness (QED) is 0.709. The van der Waals surface area contributed by atoms with Crippen LogP contribution in [0.3, 0.4) is 0 Å². The zero-order valence-electron chi connectivity index (χ0n) is 9.73. The van der Waals surface area contributed by atoms with Gasteiger partial charge in [-0.2, -0.15) is 0 Å². The van der Waals surface area contributed by atoms with Crippen molar-refractivity contribution in [3.8, 4) is 5.75 Å². The summed E-state index contributed by atoms with van der Waals surface area (Å²) in [5, 5.41) is 17.7. The molecule has 1 aromatic carbocycles. The highest BCUT2D eigenvalue weighted by Gasteiger charge is 2.08. The van der Waals surface area contributed by atoms with E-state index in [1.54, 1.807) is 6.07 Å². The van der Waals surface area contributed by atoms with Crippen LogP contribution in [0.1, 0.15) is 18.6 Å². The van der Waals surface area contributed by atoms with Gasteiger partial charge >= 0.3 is 0 Å². The van der Waals surface area contributed by atoms with E-state index in [-0.39, 0.29) is 25.4 Å². The molecule has 1 aromatic rings. The van der Waals surface area contributed by atoms with Crippen LogP contribution in [0.15, 0.2) is 18.2 Å². The Balaban J connectivity index is 2.42. The first-order valence-corrected chi connectivity index (χ1v) is 5.44. The molecular weight excluding hydrogens is 227 g/mol. The molecule has 0 saturated carbocycles. The Morgan fingerprint density at radius 3 is 2.65 bits per heavy atom. The number of hydrogen-bond acceptors (Lipinski definition) is 4. The lowest BCUT2D eigenvalue weighted by atomic mass is 10.1. The van der Waals surface area contributed by atoms with E-state index in [2.05, 4.69) is 0 Å². The van der Waals surface area contributed by atoms with Crippen molar-refractivity contribution in [3.05, 3.63) is 29.6 Å². The van der Waals surface area contributed by atoms with Gasteiger partial charge in [0.15, 0.2) is 0 Å². The number of aliphatic hydroxyl groups excluding tert-OH is 2. The van der Waals surface area contributed by atoms with E-state index in [1.807, 2.05) is 0 Å². The van der Waals surface area contributed by atoms with Gasteiger partial charge in [-0.15, -0.1) is 0 Å². The van der Waals surface area contributed by atoms with E-state index in [1.165, 1.54) is 19.1 Å². The Bertz CT molecular complexity index is 341. The molecule has 0 heterocycles. The van der Waals surface area contributed by atoms with Gasteiger partial charge in [-0.05, 0) is 19.1 Å². The summed E-state index contributed by atoms with van der Waals surface area (Å²) in [5.74, 6) is -0.103. The first-order valence-electron chi connectivity index (χ1n) is 5.44. The zero-order valence-corrected chi connectivity index (χ0v) is 9.73. The lowest BCUT2D eigenvalue weighted by molar-refractivity contribution is 0.0704. The third-order valence-corrected chi connectivity index (χ3v) is 2.15. The third kappa shape index (κ3) is 4.68.